The highest BCUT2D eigenvalue weighted by atomic mass is 32.2. The Labute approximate surface area is 463 Å². The lowest BCUT2D eigenvalue weighted by atomic mass is 9.79. The molecule has 0 aliphatic carbocycles. The molecule has 4 aromatic carbocycles. The van der Waals surface area contributed by atoms with Crippen molar-refractivity contribution in [3.63, 3.8) is 0 Å². The number of pyridine rings is 2. The van der Waals surface area contributed by atoms with Gasteiger partial charge in [-0.25, -0.2) is 9.97 Å². The number of aliphatic carboxylic acids is 1. The fraction of sp³-hybridized carbons (Fsp3) is 0.310. The van der Waals surface area contributed by atoms with Crippen LogP contribution >= 0.6 is 0 Å². The van der Waals surface area contributed by atoms with E-state index in [4.69, 9.17) is 0 Å². The van der Waals surface area contributed by atoms with E-state index in [2.05, 4.69) is 81.4 Å². The van der Waals surface area contributed by atoms with Gasteiger partial charge in [-0.05, 0) is 114 Å². The van der Waals surface area contributed by atoms with Gasteiger partial charge < -0.3 is 31.3 Å². The predicted octanol–water partition coefficient (Wildman–Crippen LogP) is 6.96. The van der Waals surface area contributed by atoms with Crippen LogP contribution in [0.5, 0.6) is 0 Å². The van der Waals surface area contributed by atoms with Gasteiger partial charge in [-0.1, -0.05) is 69.3 Å². The molecule has 20 nitrogen and oxygen atoms in total. The van der Waals surface area contributed by atoms with Crippen LogP contribution in [0, 0.1) is 0 Å². The number of carbonyl (C=O) groups is 5. The third-order valence-corrected chi connectivity index (χ3v) is 15.9. The van der Waals surface area contributed by atoms with E-state index in [9.17, 15) is 55.0 Å². The molecule has 418 valence electrons. The van der Waals surface area contributed by atoms with Gasteiger partial charge in [0.1, 0.15) is 35.9 Å². The zero-order valence-electron chi connectivity index (χ0n) is 45.3. The number of fused-ring (bicyclic) bond motifs is 6. The van der Waals surface area contributed by atoms with Crippen molar-refractivity contribution in [1.82, 2.24) is 31.2 Å². The molecule has 0 atom stereocenters. The van der Waals surface area contributed by atoms with Crippen LogP contribution in [0.4, 0.5) is 11.4 Å². The van der Waals surface area contributed by atoms with E-state index in [0.717, 1.165) is 67.4 Å². The second-order valence-corrected chi connectivity index (χ2v) is 23.7. The standard InChI is InChI=1S/C58H62N8O12S2/c1-8-23-65-48(57(3,4)42-31-41(36-16-10-12-18-38(36)51(42)65)35-29-46(55(71)61-22-26-80(76,77)78)64-47(30-35)56(72)62-33-50(67)68)20-14-21-49-58(5,6)43-32-40(34-27-44(53(69)59-7)63-45(28-34)54(70)60-9-2)37-17-11-13-19-39(37)52(43)66(49)24-15-25-79(73,74)75/h10-14,16-21,27-32H,8-9,15,22-26,33H2,1-7H3,(H6-,59,60,61,62,67,68,69,70,71,72,73,74,75,76,77,78)/p+1. The van der Waals surface area contributed by atoms with Crippen molar-refractivity contribution in [3.05, 3.63) is 143 Å². The second-order valence-electron chi connectivity index (χ2n) is 20.5. The average molecular weight is 1130 g/mol. The van der Waals surface area contributed by atoms with E-state index in [1.54, 1.807) is 19.1 Å². The maximum atomic E-state index is 13.5. The van der Waals surface area contributed by atoms with Crippen LogP contribution in [-0.2, 0) is 35.9 Å². The van der Waals surface area contributed by atoms with Crippen LogP contribution in [0.1, 0.15) is 107 Å². The smallest absolute Gasteiger partial charge is 0.322 e. The molecule has 0 fully saturated rings. The van der Waals surface area contributed by atoms with Crippen molar-refractivity contribution in [2.45, 2.75) is 65.2 Å². The first-order chi connectivity index (χ1) is 37.8. The summed E-state index contributed by atoms with van der Waals surface area (Å²) in [6.07, 6.45) is 6.90. The van der Waals surface area contributed by atoms with Gasteiger partial charge in [-0.2, -0.15) is 21.4 Å². The highest BCUT2D eigenvalue weighted by Crippen LogP contribution is 2.53. The van der Waals surface area contributed by atoms with E-state index in [1.165, 1.54) is 19.2 Å². The summed E-state index contributed by atoms with van der Waals surface area (Å²) in [6.45, 7) is 12.2. The summed E-state index contributed by atoms with van der Waals surface area (Å²) >= 11 is 0. The largest absolute Gasteiger partial charge is 0.480 e. The molecule has 2 aromatic heterocycles. The van der Waals surface area contributed by atoms with E-state index in [0.29, 0.717) is 29.8 Å². The number of carboxylic acids is 1. The third-order valence-electron chi connectivity index (χ3n) is 14.3. The van der Waals surface area contributed by atoms with Crippen molar-refractivity contribution in [2.75, 3.05) is 56.2 Å². The van der Waals surface area contributed by atoms with Crippen molar-refractivity contribution >= 4 is 88.5 Å². The molecule has 0 unspecified atom stereocenters. The second kappa shape index (κ2) is 22.9. The van der Waals surface area contributed by atoms with Crippen LogP contribution in [-0.4, -0.2) is 132 Å². The Morgan fingerprint density at radius 2 is 1.18 bits per heavy atom. The zero-order valence-corrected chi connectivity index (χ0v) is 46.9. The number of rotatable bonds is 20. The molecule has 0 bridgehead atoms. The van der Waals surface area contributed by atoms with Gasteiger partial charge in [0, 0.05) is 61.2 Å². The number of allylic oxidation sites excluding steroid dienone is 4. The van der Waals surface area contributed by atoms with Crippen LogP contribution in [0.2, 0.25) is 0 Å². The Morgan fingerprint density at radius 3 is 1.71 bits per heavy atom. The highest BCUT2D eigenvalue weighted by molar-refractivity contribution is 7.86. The highest BCUT2D eigenvalue weighted by Gasteiger charge is 2.47. The number of carboxylic acid groups (broad SMARTS) is 1. The summed E-state index contributed by atoms with van der Waals surface area (Å²) in [5.41, 5.74) is 5.79. The molecule has 80 heavy (non-hydrogen) atoms. The summed E-state index contributed by atoms with van der Waals surface area (Å²) in [5.74, 6) is -5.17. The topological polar surface area (TPSA) is 294 Å². The molecule has 0 saturated carbocycles. The summed E-state index contributed by atoms with van der Waals surface area (Å²) in [7, 11) is -7.26. The van der Waals surface area contributed by atoms with Crippen LogP contribution in [0.15, 0.2) is 109 Å². The molecule has 4 amide bonds. The van der Waals surface area contributed by atoms with Crippen LogP contribution < -0.4 is 26.2 Å². The number of nitrogens with zero attached hydrogens (tertiary/aromatic N) is 4. The van der Waals surface area contributed by atoms with Gasteiger partial charge in [0.25, 0.3) is 43.9 Å². The molecule has 22 heteroatoms. The molecule has 4 heterocycles. The molecule has 7 N–H and O–H groups in total. The molecule has 6 aromatic rings. The molecule has 0 spiro atoms. The maximum Gasteiger partial charge on any atom is 0.322 e. The summed E-state index contributed by atoms with van der Waals surface area (Å²) in [5, 5.41) is 22.7. The van der Waals surface area contributed by atoms with Crippen molar-refractivity contribution < 1.29 is 59.6 Å². The Balaban J connectivity index is 1.27. The lowest BCUT2D eigenvalue weighted by Crippen LogP contribution is -2.32. The van der Waals surface area contributed by atoms with E-state index in [1.807, 2.05) is 72.8 Å². The van der Waals surface area contributed by atoms with Gasteiger partial charge in [-0.15, -0.1) is 0 Å². The van der Waals surface area contributed by atoms with Gasteiger partial charge in [-0.3, -0.25) is 33.1 Å². The van der Waals surface area contributed by atoms with Gasteiger partial charge in [0.2, 0.25) is 5.69 Å². The minimum absolute atomic E-state index is 0.0566. The Bertz CT molecular complexity index is 3890. The predicted molar refractivity (Wildman–Crippen MR) is 306 cm³/mol. The minimum atomic E-state index is -4.43. The fourth-order valence-electron chi connectivity index (χ4n) is 10.7. The Morgan fingerprint density at radius 1 is 0.662 bits per heavy atom. The number of nitrogens with one attached hydrogen (secondary N) is 4. The monoisotopic (exact) mass is 1130 g/mol. The summed E-state index contributed by atoms with van der Waals surface area (Å²) < 4.78 is 68.6. The minimum Gasteiger partial charge on any atom is -0.480 e. The maximum absolute atomic E-state index is 13.5. The number of hydrogen-bond acceptors (Lipinski definition) is 12. The normalized spacial score (nSPS) is 15.1. The van der Waals surface area contributed by atoms with Crippen molar-refractivity contribution in [3.8, 4) is 22.3 Å². The van der Waals surface area contributed by atoms with Gasteiger partial charge in [0.15, 0.2) is 5.71 Å². The number of benzene rings is 4. The Hall–Kier alpha value is -8.18. The lowest BCUT2D eigenvalue weighted by Gasteiger charge is -2.27. The lowest BCUT2D eigenvalue weighted by molar-refractivity contribution is -0.435. The molecule has 2 aliphatic heterocycles. The quantitative estimate of drug-likeness (QED) is 0.0300. The van der Waals surface area contributed by atoms with Crippen molar-refractivity contribution in [1.29, 1.82) is 0 Å². The number of amides is 4. The Kier molecular flexibility index (Phi) is 16.6. The van der Waals surface area contributed by atoms with E-state index < -0.39 is 85.3 Å². The first-order valence-corrected chi connectivity index (χ1v) is 29.2. The first kappa shape index (κ1) is 58.0. The number of hydrogen-bond donors (Lipinski definition) is 7. The summed E-state index contributed by atoms with van der Waals surface area (Å²) in [4.78, 5) is 75.7. The van der Waals surface area contributed by atoms with Gasteiger partial charge >= 0.3 is 5.97 Å². The van der Waals surface area contributed by atoms with Gasteiger partial charge in [0.05, 0.1) is 28.0 Å². The molecular weight excluding hydrogens is 1060 g/mol. The fourth-order valence-corrected chi connectivity index (χ4v) is 11.5. The SMILES string of the molecule is CCCN1C(=CC=CC2=[N+](CCCS(=O)(=O)O)c3c(cc(-c4cc(C(=O)NC)nc(C(=O)NCC)c4)c4ccccc34)C2(C)C)C(C)(C)c2cc(-c3cc(C(=O)NCCS(=O)(=O)O)nc(C(=O)NCC(=O)O)c3)c3ccccc3c21. The molecule has 0 saturated heterocycles. The molecular formula is C58H63N8O12S2+. The zero-order chi connectivity index (χ0) is 58.1. The number of aromatic nitrogens is 2. The van der Waals surface area contributed by atoms with E-state index in [-0.39, 0.29) is 35.7 Å². The van der Waals surface area contributed by atoms with Crippen LogP contribution in [0.3, 0.4) is 0 Å². The first-order valence-electron chi connectivity index (χ1n) is 26.0. The van der Waals surface area contributed by atoms with Crippen LogP contribution in [0.25, 0.3) is 43.8 Å². The van der Waals surface area contributed by atoms with Crippen molar-refractivity contribution in [2.24, 2.45) is 0 Å². The molecule has 0 radical (unpaired) electrons. The third kappa shape index (κ3) is 11.9. The number of carbonyl (C=O) groups excluding carboxylic acids is 4. The average Bonchev–Trinajstić information content (AvgIpc) is 3.80. The summed E-state index contributed by atoms with van der Waals surface area (Å²) in [6, 6.07) is 25.7. The molecule has 8 rings (SSSR count). The number of anilines is 1. The molecule has 2 aliphatic rings. The van der Waals surface area contributed by atoms with E-state index >= 15 is 0 Å².